The van der Waals surface area contributed by atoms with E-state index in [0.29, 0.717) is 17.4 Å². The molecule has 2 heterocycles. The highest BCUT2D eigenvalue weighted by molar-refractivity contribution is 7.88. The molecule has 9 nitrogen and oxygen atoms in total. The highest BCUT2D eigenvalue weighted by Crippen LogP contribution is 2.29. The summed E-state index contributed by atoms with van der Waals surface area (Å²) < 4.78 is 85.2. The van der Waals surface area contributed by atoms with Crippen LogP contribution in [0.25, 0.3) is 5.69 Å². The lowest BCUT2D eigenvalue weighted by atomic mass is 9.96. The molecule has 0 bridgehead atoms. The number of ether oxygens (including phenoxy) is 1. The summed E-state index contributed by atoms with van der Waals surface area (Å²) in [6.45, 7) is 0. The lowest BCUT2D eigenvalue weighted by molar-refractivity contribution is -0.118. The second-order valence-electron chi connectivity index (χ2n) is 7.00. The number of hydrogen-bond donors (Lipinski definition) is 0. The predicted octanol–water partition coefficient (Wildman–Crippen LogP) is 3.03. The molecular weight excluding hydrogens is 496 g/mol. The Morgan fingerprint density at radius 3 is 2.37 bits per heavy atom. The number of methoxy groups -OCH3 is 1. The molecule has 1 aliphatic heterocycles. The number of ketones is 1. The van der Waals surface area contributed by atoms with E-state index in [1.165, 1.54) is 24.1 Å². The highest BCUT2D eigenvalue weighted by atomic mass is 32.2. The quantitative estimate of drug-likeness (QED) is 0.286. The summed E-state index contributed by atoms with van der Waals surface area (Å²) in [4.78, 5) is 13.2. The van der Waals surface area contributed by atoms with Gasteiger partial charge in [0.25, 0.3) is 0 Å². The fourth-order valence-electron chi connectivity index (χ4n) is 3.23. The van der Waals surface area contributed by atoms with Gasteiger partial charge in [-0.2, -0.15) is 31.8 Å². The maximum Gasteiger partial charge on any atom is 0.534 e. The Hall–Kier alpha value is -3.91. The third kappa shape index (κ3) is 4.57. The summed E-state index contributed by atoms with van der Waals surface area (Å²) in [7, 11) is -4.81. The number of nitrogens with zero attached hydrogens (tertiary/aromatic N) is 4. The molecule has 1 unspecified atom stereocenters. The van der Waals surface area contributed by atoms with Crippen LogP contribution in [0.15, 0.2) is 71.0 Å². The number of aromatic nitrogens is 2. The molecule has 0 fully saturated rings. The van der Waals surface area contributed by atoms with Crippen LogP contribution in [-0.2, 0) is 19.6 Å². The van der Waals surface area contributed by atoms with E-state index in [-0.39, 0.29) is 17.0 Å². The summed E-state index contributed by atoms with van der Waals surface area (Å²) in [6, 6.07) is 12.5. The number of para-hydroxylation sites is 1. The van der Waals surface area contributed by atoms with Crippen LogP contribution in [0, 0.1) is 5.82 Å². The monoisotopic (exact) mass is 510 g/mol. The van der Waals surface area contributed by atoms with Gasteiger partial charge < -0.3 is 8.92 Å². The van der Waals surface area contributed by atoms with Crippen LogP contribution in [0.5, 0.6) is 5.75 Å². The molecule has 0 spiro atoms. The van der Waals surface area contributed by atoms with Gasteiger partial charge in [-0.15, -0.1) is 5.10 Å². The van der Waals surface area contributed by atoms with Gasteiger partial charge in [0, 0.05) is 18.7 Å². The van der Waals surface area contributed by atoms with Gasteiger partial charge in [-0.1, -0.05) is 18.2 Å². The minimum absolute atomic E-state index is 0.112. The third-order valence-corrected chi connectivity index (χ3v) is 5.78. The second-order valence-corrected chi connectivity index (χ2v) is 8.54. The van der Waals surface area contributed by atoms with E-state index in [1.54, 1.807) is 30.3 Å². The number of hydrogen-bond acceptors (Lipinski definition) is 8. The minimum Gasteiger partial charge on any atom is -0.376 e. The van der Waals surface area contributed by atoms with Crippen LogP contribution in [0.4, 0.5) is 17.6 Å². The fraction of sp³-hybridized carbons (Fsp3) is 0.143. The van der Waals surface area contributed by atoms with Crippen LogP contribution in [0.3, 0.4) is 0 Å². The molecule has 0 amide bonds. The van der Waals surface area contributed by atoms with Crippen molar-refractivity contribution in [2.24, 2.45) is 10.2 Å². The van der Waals surface area contributed by atoms with Crippen LogP contribution < -0.4 is 4.18 Å². The van der Waals surface area contributed by atoms with Gasteiger partial charge in [-0.25, -0.2) is 9.07 Å². The zero-order valence-electron chi connectivity index (χ0n) is 17.6. The first kappa shape index (κ1) is 24.2. The van der Waals surface area contributed by atoms with Gasteiger partial charge in [0.1, 0.15) is 17.3 Å². The van der Waals surface area contributed by atoms with Crippen molar-refractivity contribution in [1.29, 1.82) is 0 Å². The van der Waals surface area contributed by atoms with Crippen molar-refractivity contribution in [3.8, 4) is 11.4 Å². The maximum absolute atomic E-state index is 14.7. The SMILES string of the molecule is COC1C(=O)C(c2ccnn2-c2ccccc2)=NN=C1c1ccc(OS(=O)(=O)C(F)(F)F)cc1F. The summed E-state index contributed by atoms with van der Waals surface area (Å²) in [6.07, 6.45) is 0.0360. The highest BCUT2D eigenvalue weighted by Gasteiger charge is 2.48. The molecule has 3 aromatic rings. The number of carbonyl (C=O) groups is 1. The molecule has 1 aromatic heterocycles. The molecule has 0 saturated carbocycles. The lowest BCUT2D eigenvalue weighted by Gasteiger charge is -2.21. The number of rotatable bonds is 6. The Morgan fingerprint density at radius 1 is 1.03 bits per heavy atom. The average molecular weight is 510 g/mol. The molecular formula is C21H14F4N4O5S. The van der Waals surface area contributed by atoms with E-state index in [4.69, 9.17) is 4.74 Å². The summed E-state index contributed by atoms with van der Waals surface area (Å²) in [5.41, 5.74) is -5.48. The summed E-state index contributed by atoms with van der Waals surface area (Å²) >= 11 is 0. The molecule has 35 heavy (non-hydrogen) atoms. The normalized spacial score (nSPS) is 16.6. The van der Waals surface area contributed by atoms with Gasteiger partial charge in [-0.3, -0.25) is 4.79 Å². The Kier molecular flexibility index (Phi) is 6.25. The largest absolute Gasteiger partial charge is 0.534 e. The van der Waals surface area contributed by atoms with Gasteiger partial charge in [0.05, 0.1) is 17.6 Å². The minimum atomic E-state index is -5.99. The molecule has 0 N–H and O–H groups in total. The zero-order chi connectivity index (χ0) is 25.4. The van der Waals surface area contributed by atoms with E-state index >= 15 is 0 Å². The van der Waals surface area contributed by atoms with E-state index in [9.17, 15) is 30.8 Å². The number of carbonyl (C=O) groups excluding carboxylic acids is 1. The van der Waals surface area contributed by atoms with E-state index < -0.39 is 39.1 Å². The van der Waals surface area contributed by atoms with Crippen molar-refractivity contribution in [3.05, 3.63) is 77.9 Å². The molecule has 4 rings (SSSR count). The molecule has 1 atom stereocenters. The molecule has 182 valence electrons. The average Bonchev–Trinajstić information content (AvgIpc) is 3.28. The van der Waals surface area contributed by atoms with Gasteiger partial charge in [0.2, 0.25) is 5.78 Å². The number of halogens is 4. The maximum atomic E-state index is 14.7. The first-order valence-electron chi connectivity index (χ1n) is 9.66. The number of benzene rings is 2. The summed E-state index contributed by atoms with van der Waals surface area (Å²) in [5.74, 6) is -2.80. The fourth-order valence-corrected chi connectivity index (χ4v) is 3.68. The van der Waals surface area contributed by atoms with E-state index in [2.05, 4.69) is 19.5 Å². The zero-order valence-corrected chi connectivity index (χ0v) is 18.4. The van der Waals surface area contributed by atoms with Gasteiger partial charge in [-0.05, 0) is 30.3 Å². The van der Waals surface area contributed by atoms with Crippen LogP contribution in [0.2, 0.25) is 0 Å². The third-order valence-electron chi connectivity index (χ3n) is 4.81. The van der Waals surface area contributed by atoms with Gasteiger partial charge in [0.15, 0.2) is 11.8 Å². The molecule has 0 saturated heterocycles. The van der Waals surface area contributed by atoms with E-state index in [1.807, 2.05) is 0 Å². The lowest BCUT2D eigenvalue weighted by Crippen LogP contribution is -2.41. The first-order valence-corrected chi connectivity index (χ1v) is 11.1. The second kappa shape index (κ2) is 9.03. The molecule has 2 aromatic carbocycles. The Bertz CT molecular complexity index is 1450. The molecule has 14 heteroatoms. The number of Topliss-reactive ketones (excluding diaryl/α,β-unsaturated/α-hetero) is 1. The Morgan fingerprint density at radius 2 is 1.74 bits per heavy atom. The predicted molar refractivity (Wildman–Crippen MR) is 114 cm³/mol. The number of alkyl halides is 3. The standard InChI is InChI=1S/C21H14F4N4O5S/c1-33-20-17(14-8-7-13(11-15(14)22)34-35(31,32)21(23,24)25)27-28-18(19(20)30)16-9-10-26-29(16)12-5-3-2-4-6-12/h2-11,20H,1H3. The first-order chi connectivity index (χ1) is 16.5. The molecule has 0 radical (unpaired) electrons. The van der Waals surface area contributed by atoms with Crippen molar-refractivity contribution < 1.29 is 39.7 Å². The molecule has 1 aliphatic rings. The van der Waals surface area contributed by atoms with Crippen molar-refractivity contribution in [2.75, 3.05) is 7.11 Å². The van der Waals surface area contributed by atoms with Crippen molar-refractivity contribution >= 4 is 27.3 Å². The van der Waals surface area contributed by atoms with Crippen molar-refractivity contribution in [3.63, 3.8) is 0 Å². The summed E-state index contributed by atoms with van der Waals surface area (Å²) in [5, 5.41) is 12.0. The van der Waals surface area contributed by atoms with Gasteiger partial charge >= 0.3 is 15.6 Å². The smallest absolute Gasteiger partial charge is 0.376 e. The van der Waals surface area contributed by atoms with Crippen molar-refractivity contribution in [2.45, 2.75) is 11.6 Å². The Balaban J connectivity index is 1.71. The van der Waals surface area contributed by atoms with Crippen LogP contribution >= 0.6 is 0 Å². The van der Waals surface area contributed by atoms with Crippen molar-refractivity contribution in [1.82, 2.24) is 9.78 Å². The van der Waals surface area contributed by atoms with Crippen LogP contribution in [-0.4, -0.2) is 54.1 Å². The van der Waals surface area contributed by atoms with Crippen LogP contribution in [0.1, 0.15) is 11.3 Å². The topological polar surface area (TPSA) is 112 Å². The Labute approximate surface area is 195 Å². The molecule has 0 aliphatic carbocycles. The van der Waals surface area contributed by atoms with E-state index in [0.717, 1.165) is 12.1 Å².